The van der Waals surface area contributed by atoms with E-state index in [2.05, 4.69) is 19.9 Å². The first kappa shape index (κ1) is 9.32. The van der Waals surface area contributed by atoms with Crippen molar-refractivity contribution in [3.8, 4) is 0 Å². The fourth-order valence-corrected chi connectivity index (χ4v) is 1.21. The molecule has 0 aliphatic carbocycles. The number of rotatable bonds is 1. The SMILES string of the molecule is C/C=C\c1cnc2nc(N)nc(N)c2n1. The zero-order chi connectivity index (χ0) is 10.8. The van der Waals surface area contributed by atoms with E-state index < -0.39 is 0 Å². The summed E-state index contributed by atoms with van der Waals surface area (Å²) in [6.45, 7) is 1.90. The molecule has 2 aromatic heterocycles. The largest absolute Gasteiger partial charge is 0.382 e. The Labute approximate surface area is 86.1 Å². The molecule has 2 heterocycles. The molecule has 2 aromatic rings. The van der Waals surface area contributed by atoms with Gasteiger partial charge in [0, 0.05) is 0 Å². The molecule has 0 spiro atoms. The van der Waals surface area contributed by atoms with E-state index in [0.717, 1.165) is 0 Å². The standard InChI is InChI=1S/C9H10N6/c1-2-3-5-4-12-8-6(13-5)7(10)14-9(11)15-8/h2-4H,1H3,(H4,10,11,12,14,15)/b3-2-. The predicted octanol–water partition coefficient (Wildman–Crippen LogP) is 0.617. The topological polar surface area (TPSA) is 104 Å². The Morgan fingerprint density at radius 2 is 2.00 bits per heavy atom. The molecule has 0 saturated heterocycles. The average molecular weight is 202 g/mol. The minimum Gasteiger partial charge on any atom is -0.382 e. The van der Waals surface area contributed by atoms with E-state index in [0.29, 0.717) is 16.9 Å². The Hall–Kier alpha value is -2.24. The Kier molecular flexibility index (Phi) is 2.17. The summed E-state index contributed by atoms with van der Waals surface area (Å²) < 4.78 is 0. The summed E-state index contributed by atoms with van der Waals surface area (Å²) in [7, 11) is 0. The lowest BCUT2D eigenvalue weighted by atomic mass is 10.4. The van der Waals surface area contributed by atoms with Gasteiger partial charge in [0.1, 0.15) is 0 Å². The first-order valence-electron chi connectivity index (χ1n) is 4.39. The summed E-state index contributed by atoms with van der Waals surface area (Å²) in [6.07, 6.45) is 5.29. The normalized spacial score (nSPS) is 11.3. The van der Waals surface area contributed by atoms with Gasteiger partial charge in [-0.2, -0.15) is 9.97 Å². The third-order valence-corrected chi connectivity index (χ3v) is 1.81. The number of nitrogens with zero attached hydrogens (tertiary/aromatic N) is 4. The van der Waals surface area contributed by atoms with Crippen molar-refractivity contribution in [1.29, 1.82) is 0 Å². The molecule has 0 aliphatic rings. The molecular formula is C9H10N6. The highest BCUT2D eigenvalue weighted by atomic mass is 15.1. The van der Waals surface area contributed by atoms with Crippen LogP contribution in [0.3, 0.4) is 0 Å². The number of hydrogen-bond acceptors (Lipinski definition) is 6. The molecule has 0 fully saturated rings. The minimum atomic E-state index is 0.105. The quantitative estimate of drug-likeness (QED) is 0.702. The number of hydrogen-bond donors (Lipinski definition) is 2. The third kappa shape index (κ3) is 1.69. The Bertz CT molecular complexity index is 533. The first-order chi connectivity index (χ1) is 7.20. The lowest BCUT2D eigenvalue weighted by Crippen LogP contribution is -2.03. The van der Waals surface area contributed by atoms with Crippen LogP contribution in [0.4, 0.5) is 11.8 Å². The number of aromatic nitrogens is 4. The molecule has 0 aromatic carbocycles. The highest BCUT2D eigenvalue weighted by molar-refractivity contribution is 5.82. The number of anilines is 2. The zero-order valence-electron chi connectivity index (χ0n) is 8.18. The second-order valence-electron chi connectivity index (χ2n) is 2.93. The average Bonchev–Trinajstić information content (AvgIpc) is 2.19. The van der Waals surface area contributed by atoms with Crippen LogP contribution in [0.15, 0.2) is 12.3 Å². The number of allylic oxidation sites excluding steroid dienone is 1. The van der Waals surface area contributed by atoms with Gasteiger partial charge in [0.05, 0.1) is 11.9 Å². The van der Waals surface area contributed by atoms with Gasteiger partial charge in [0.25, 0.3) is 0 Å². The zero-order valence-corrected chi connectivity index (χ0v) is 8.18. The Morgan fingerprint density at radius 3 is 2.73 bits per heavy atom. The van der Waals surface area contributed by atoms with Gasteiger partial charge < -0.3 is 11.5 Å². The summed E-state index contributed by atoms with van der Waals surface area (Å²) in [6, 6.07) is 0. The van der Waals surface area contributed by atoms with E-state index in [9.17, 15) is 0 Å². The van der Waals surface area contributed by atoms with Gasteiger partial charge in [-0.05, 0) is 13.0 Å². The molecule has 6 heteroatoms. The molecule has 76 valence electrons. The van der Waals surface area contributed by atoms with Crippen molar-refractivity contribution in [1.82, 2.24) is 19.9 Å². The van der Waals surface area contributed by atoms with Crippen LogP contribution in [0, 0.1) is 0 Å². The molecule has 4 N–H and O–H groups in total. The van der Waals surface area contributed by atoms with Crippen molar-refractivity contribution in [3.63, 3.8) is 0 Å². The van der Waals surface area contributed by atoms with Crippen molar-refractivity contribution < 1.29 is 0 Å². The molecule has 0 saturated carbocycles. The molecule has 0 amide bonds. The Morgan fingerprint density at radius 1 is 1.20 bits per heavy atom. The van der Waals surface area contributed by atoms with E-state index >= 15 is 0 Å². The summed E-state index contributed by atoms with van der Waals surface area (Å²) in [5, 5.41) is 0. The number of nitrogens with two attached hydrogens (primary N) is 2. The molecule has 6 nitrogen and oxygen atoms in total. The van der Waals surface area contributed by atoms with Gasteiger partial charge in [0.15, 0.2) is 17.0 Å². The van der Waals surface area contributed by atoms with Gasteiger partial charge >= 0.3 is 0 Å². The summed E-state index contributed by atoms with van der Waals surface area (Å²) in [5.74, 6) is 0.351. The van der Waals surface area contributed by atoms with Crippen molar-refractivity contribution >= 4 is 29.0 Å². The van der Waals surface area contributed by atoms with E-state index in [1.165, 1.54) is 0 Å². The molecular weight excluding hydrogens is 192 g/mol. The second kappa shape index (κ2) is 3.49. The minimum absolute atomic E-state index is 0.105. The van der Waals surface area contributed by atoms with Crippen molar-refractivity contribution in [2.45, 2.75) is 6.92 Å². The Balaban J connectivity index is 2.71. The molecule has 0 aliphatic heterocycles. The van der Waals surface area contributed by atoms with E-state index in [-0.39, 0.29) is 11.8 Å². The molecule has 0 radical (unpaired) electrons. The molecule has 15 heavy (non-hydrogen) atoms. The lowest BCUT2D eigenvalue weighted by molar-refractivity contribution is 1.16. The number of nitrogen functional groups attached to an aromatic ring is 2. The van der Waals surface area contributed by atoms with Gasteiger partial charge in [-0.1, -0.05) is 6.08 Å². The summed E-state index contributed by atoms with van der Waals surface area (Å²) >= 11 is 0. The number of fused-ring (bicyclic) bond motifs is 1. The van der Waals surface area contributed by atoms with Crippen LogP contribution >= 0.6 is 0 Å². The highest BCUT2D eigenvalue weighted by Gasteiger charge is 2.05. The van der Waals surface area contributed by atoms with Crippen molar-refractivity contribution in [3.05, 3.63) is 18.0 Å². The smallest absolute Gasteiger partial charge is 0.224 e. The molecule has 0 atom stereocenters. The second-order valence-corrected chi connectivity index (χ2v) is 2.93. The van der Waals surface area contributed by atoms with Crippen molar-refractivity contribution in [2.24, 2.45) is 0 Å². The van der Waals surface area contributed by atoms with Gasteiger partial charge in [-0.15, -0.1) is 0 Å². The molecule has 0 unspecified atom stereocenters. The third-order valence-electron chi connectivity index (χ3n) is 1.81. The van der Waals surface area contributed by atoms with Gasteiger partial charge in [-0.3, -0.25) is 0 Å². The maximum atomic E-state index is 5.66. The van der Waals surface area contributed by atoms with Crippen LogP contribution in [-0.4, -0.2) is 19.9 Å². The molecule has 0 bridgehead atoms. The van der Waals surface area contributed by atoms with Crippen LogP contribution in [0.25, 0.3) is 17.2 Å². The molecule has 2 rings (SSSR count). The van der Waals surface area contributed by atoms with Crippen LogP contribution < -0.4 is 11.5 Å². The fourth-order valence-electron chi connectivity index (χ4n) is 1.21. The summed E-state index contributed by atoms with van der Waals surface area (Å²) in [4.78, 5) is 16.1. The van der Waals surface area contributed by atoms with Gasteiger partial charge in [0.2, 0.25) is 5.95 Å². The van der Waals surface area contributed by atoms with E-state index in [1.54, 1.807) is 6.20 Å². The van der Waals surface area contributed by atoms with Crippen LogP contribution in [0.1, 0.15) is 12.6 Å². The van der Waals surface area contributed by atoms with E-state index in [4.69, 9.17) is 11.5 Å². The lowest BCUT2D eigenvalue weighted by Gasteiger charge is -2.01. The van der Waals surface area contributed by atoms with Crippen molar-refractivity contribution in [2.75, 3.05) is 11.5 Å². The predicted molar refractivity (Wildman–Crippen MR) is 58.7 cm³/mol. The maximum Gasteiger partial charge on any atom is 0.224 e. The van der Waals surface area contributed by atoms with Crippen LogP contribution in [0.2, 0.25) is 0 Å². The van der Waals surface area contributed by atoms with Crippen LogP contribution in [0.5, 0.6) is 0 Å². The highest BCUT2D eigenvalue weighted by Crippen LogP contribution is 2.14. The van der Waals surface area contributed by atoms with Crippen LogP contribution in [-0.2, 0) is 0 Å². The summed E-state index contributed by atoms with van der Waals surface area (Å²) in [5.41, 5.74) is 12.7. The van der Waals surface area contributed by atoms with Gasteiger partial charge in [-0.25, -0.2) is 9.97 Å². The first-order valence-corrected chi connectivity index (χ1v) is 4.39. The maximum absolute atomic E-state index is 5.66. The van der Waals surface area contributed by atoms with E-state index in [1.807, 2.05) is 19.1 Å². The monoisotopic (exact) mass is 202 g/mol. The fraction of sp³-hybridized carbons (Fsp3) is 0.111.